The van der Waals surface area contributed by atoms with E-state index in [9.17, 15) is 4.79 Å². The highest BCUT2D eigenvalue weighted by Gasteiger charge is 2.13. The summed E-state index contributed by atoms with van der Waals surface area (Å²) in [6, 6.07) is 18.5. The zero-order chi connectivity index (χ0) is 17.1. The second kappa shape index (κ2) is 6.45. The molecule has 0 aliphatic carbocycles. The van der Waals surface area contributed by atoms with Crippen molar-refractivity contribution in [2.75, 3.05) is 5.32 Å². The number of amides is 1. The highest BCUT2D eigenvalue weighted by atomic mass is 16.5. The number of hydrogen-bond acceptors (Lipinski definition) is 4. The Balaban J connectivity index is 1.48. The molecule has 0 saturated heterocycles. The third-order valence-electron chi connectivity index (χ3n) is 3.62. The molecule has 0 atom stereocenters. The van der Waals surface area contributed by atoms with Gasteiger partial charge in [0.2, 0.25) is 0 Å². The van der Waals surface area contributed by atoms with Crippen molar-refractivity contribution in [3.8, 4) is 11.5 Å². The molecule has 0 bridgehead atoms. The predicted octanol–water partition coefficient (Wildman–Crippen LogP) is 3.77. The van der Waals surface area contributed by atoms with Crippen molar-refractivity contribution >= 4 is 17.2 Å². The number of carbonyl (C=O) groups is 1. The van der Waals surface area contributed by atoms with Crippen molar-refractivity contribution in [3.63, 3.8) is 0 Å². The first-order chi connectivity index (χ1) is 12.3. The second-order valence-corrected chi connectivity index (χ2v) is 5.34. The molecule has 122 valence electrons. The van der Waals surface area contributed by atoms with Crippen molar-refractivity contribution in [1.82, 2.24) is 14.6 Å². The third kappa shape index (κ3) is 3.18. The Kier molecular flexibility index (Phi) is 3.84. The van der Waals surface area contributed by atoms with Crippen LogP contribution in [-0.2, 0) is 0 Å². The van der Waals surface area contributed by atoms with Crippen LogP contribution >= 0.6 is 0 Å². The molecular weight excluding hydrogens is 316 g/mol. The van der Waals surface area contributed by atoms with Crippen LogP contribution in [0.5, 0.6) is 11.5 Å². The summed E-state index contributed by atoms with van der Waals surface area (Å²) in [6.45, 7) is 0. The number of carbonyl (C=O) groups excluding carboxylic acids is 1. The van der Waals surface area contributed by atoms with Gasteiger partial charge in [0.25, 0.3) is 5.91 Å². The molecule has 1 N–H and O–H groups in total. The Morgan fingerprint density at radius 3 is 2.52 bits per heavy atom. The number of nitrogens with zero attached hydrogens (tertiary/aromatic N) is 3. The first-order valence-electron chi connectivity index (χ1n) is 7.72. The van der Waals surface area contributed by atoms with E-state index in [0.29, 0.717) is 22.6 Å². The normalized spacial score (nSPS) is 10.6. The van der Waals surface area contributed by atoms with Gasteiger partial charge in [0.15, 0.2) is 5.65 Å². The molecule has 1 amide bonds. The molecule has 4 rings (SSSR count). The van der Waals surface area contributed by atoms with Crippen LogP contribution < -0.4 is 10.1 Å². The lowest BCUT2D eigenvalue weighted by molar-refractivity contribution is 0.102. The average Bonchev–Trinajstić information content (AvgIpc) is 3.08. The number of rotatable bonds is 4. The van der Waals surface area contributed by atoms with Crippen molar-refractivity contribution in [3.05, 3.63) is 84.8 Å². The van der Waals surface area contributed by atoms with Gasteiger partial charge in [0.1, 0.15) is 17.1 Å². The van der Waals surface area contributed by atoms with E-state index in [2.05, 4.69) is 15.4 Å². The fourth-order valence-electron chi connectivity index (χ4n) is 2.42. The van der Waals surface area contributed by atoms with Crippen molar-refractivity contribution in [2.45, 2.75) is 0 Å². The van der Waals surface area contributed by atoms with Gasteiger partial charge in [0, 0.05) is 18.1 Å². The number of nitrogens with one attached hydrogen (secondary N) is 1. The monoisotopic (exact) mass is 330 g/mol. The highest BCUT2D eigenvalue weighted by Crippen LogP contribution is 2.23. The summed E-state index contributed by atoms with van der Waals surface area (Å²) >= 11 is 0. The first kappa shape index (κ1) is 14.9. The smallest absolute Gasteiger partial charge is 0.261 e. The number of anilines is 1. The summed E-state index contributed by atoms with van der Waals surface area (Å²) in [5.41, 5.74) is 1.61. The molecule has 2 heterocycles. The summed E-state index contributed by atoms with van der Waals surface area (Å²) in [4.78, 5) is 16.6. The van der Waals surface area contributed by atoms with Gasteiger partial charge in [-0.15, -0.1) is 0 Å². The van der Waals surface area contributed by atoms with Crippen LogP contribution in [0.2, 0.25) is 0 Å². The van der Waals surface area contributed by atoms with Gasteiger partial charge in [-0.25, -0.2) is 9.50 Å². The molecule has 6 nitrogen and oxygen atoms in total. The van der Waals surface area contributed by atoms with E-state index < -0.39 is 0 Å². The molecular formula is C19H14N4O2. The Morgan fingerprint density at radius 2 is 1.72 bits per heavy atom. The zero-order valence-corrected chi connectivity index (χ0v) is 13.2. The molecule has 0 aliphatic rings. The van der Waals surface area contributed by atoms with Gasteiger partial charge >= 0.3 is 0 Å². The van der Waals surface area contributed by atoms with Gasteiger partial charge < -0.3 is 10.1 Å². The predicted molar refractivity (Wildman–Crippen MR) is 93.9 cm³/mol. The van der Waals surface area contributed by atoms with Gasteiger partial charge in [-0.1, -0.05) is 18.2 Å². The summed E-state index contributed by atoms with van der Waals surface area (Å²) in [7, 11) is 0. The number of fused-ring (bicyclic) bond motifs is 1. The average molecular weight is 330 g/mol. The van der Waals surface area contributed by atoms with Crippen molar-refractivity contribution in [1.29, 1.82) is 0 Å². The number of aromatic nitrogens is 3. The van der Waals surface area contributed by atoms with Gasteiger partial charge in [-0.2, -0.15) is 5.10 Å². The first-order valence-corrected chi connectivity index (χ1v) is 7.72. The maximum atomic E-state index is 12.4. The molecule has 2 aromatic carbocycles. The molecule has 0 saturated carbocycles. The SMILES string of the molecule is O=C(Nc1ccc(Oc2ccccc2)cc1)c1cnn2cccnc12. The summed E-state index contributed by atoms with van der Waals surface area (Å²) in [6.07, 6.45) is 4.88. The van der Waals surface area contributed by atoms with E-state index in [-0.39, 0.29) is 5.91 Å². The zero-order valence-electron chi connectivity index (χ0n) is 13.2. The van der Waals surface area contributed by atoms with Crippen LogP contribution in [0.25, 0.3) is 5.65 Å². The highest BCUT2D eigenvalue weighted by molar-refractivity contribution is 6.08. The fourth-order valence-corrected chi connectivity index (χ4v) is 2.42. The minimum Gasteiger partial charge on any atom is -0.457 e. The van der Waals surface area contributed by atoms with Crippen LogP contribution in [0, 0.1) is 0 Å². The van der Waals surface area contributed by atoms with Crippen LogP contribution in [0.1, 0.15) is 10.4 Å². The van der Waals surface area contributed by atoms with Crippen molar-refractivity contribution in [2.24, 2.45) is 0 Å². The fraction of sp³-hybridized carbons (Fsp3) is 0. The Labute approximate surface area is 143 Å². The lowest BCUT2D eigenvalue weighted by Crippen LogP contribution is -2.11. The van der Waals surface area contributed by atoms with E-state index >= 15 is 0 Å². The standard InChI is InChI=1S/C19H14N4O2/c24-19(17-13-21-23-12-4-11-20-18(17)23)22-14-7-9-16(10-8-14)25-15-5-2-1-3-6-15/h1-13H,(H,22,24). The Bertz CT molecular complexity index is 1010. The van der Waals surface area contributed by atoms with Crippen LogP contribution in [-0.4, -0.2) is 20.5 Å². The van der Waals surface area contributed by atoms with E-state index in [1.165, 1.54) is 6.20 Å². The van der Waals surface area contributed by atoms with E-state index in [1.807, 2.05) is 30.3 Å². The Hall–Kier alpha value is -3.67. The van der Waals surface area contributed by atoms with Crippen LogP contribution in [0.4, 0.5) is 5.69 Å². The number of ether oxygens (including phenoxy) is 1. The number of benzene rings is 2. The van der Waals surface area contributed by atoms with Crippen molar-refractivity contribution < 1.29 is 9.53 Å². The van der Waals surface area contributed by atoms with E-state index in [1.54, 1.807) is 47.2 Å². The molecule has 0 unspecified atom stereocenters. The number of para-hydroxylation sites is 1. The molecule has 0 radical (unpaired) electrons. The molecule has 25 heavy (non-hydrogen) atoms. The number of hydrogen-bond donors (Lipinski definition) is 1. The molecule has 0 fully saturated rings. The lowest BCUT2D eigenvalue weighted by atomic mass is 10.2. The third-order valence-corrected chi connectivity index (χ3v) is 3.62. The largest absolute Gasteiger partial charge is 0.457 e. The molecule has 0 spiro atoms. The van der Waals surface area contributed by atoms with Crippen LogP contribution in [0.3, 0.4) is 0 Å². The molecule has 0 aliphatic heterocycles. The van der Waals surface area contributed by atoms with Gasteiger partial charge in [-0.05, 0) is 42.5 Å². The molecule has 6 heteroatoms. The Morgan fingerprint density at radius 1 is 0.960 bits per heavy atom. The molecule has 2 aromatic heterocycles. The second-order valence-electron chi connectivity index (χ2n) is 5.34. The lowest BCUT2D eigenvalue weighted by Gasteiger charge is -2.07. The topological polar surface area (TPSA) is 68.5 Å². The van der Waals surface area contributed by atoms with Gasteiger partial charge in [-0.3, -0.25) is 4.79 Å². The summed E-state index contributed by atoms with van der Waals surface area (Å²) < 4.78 is 7.29. The van der Waals surface area contributed by atoms with Crippen LogP contribution in [0.15, 0.2) is 79.3 Å². The minimum absolute atomic E-state index is 0.259. The summed E-state index contributed by atoms with van der Waals surface area (Å²) in [5.74, 6) is 1.20. The van der Waals surface area contributed by atoms with E-state index in [4.69, 9.17) is 4.74 Å². The maximum absolute atomic E-state index is 12.4. The quantitative estimate of drug-likeness (QED) is 0.618. The summed E-state index contributed by atoms with van der Waals surface area (Å²) in [5, 5.41) is 6.96. The maximum Gasteiger partial charge on any atom is 0.261 e. The van der Waals surface area contributed by atoms with Gasteiger partial charge in [0.05, 0.1) is 6.20 Å². The minimum atomic E-state index is -0.259. The van der Waals surface area contributed by atoms with E-state index in [0.717, 1.165) is 5.75 Å². The molecule has 4 aromatic rings.